The summed E-state index contributed by atoms with van der Waals surface area (Å²) in [5.74, 6) is -0.325. The van der Waals surface area contributed by atoms with Gasteiger partial charge in [-0.05, 0) is 69.0 Å². The van der Waals surface area contributed by atoms with Crippen molar-refractivity contribution < 1.29 is 13.2 Å². The number of aryl methyl sites for hydroxylation is 2. The molecule has 2 aromatic heterocycles. The standard InChI is InChI=1S/C28H31N3O4S/c1-17(2)31(16-24-21(11-19(4)30-27(24)32)12-20-9-7-6-8-10-20)28(33)23-13-22(36(5,34)35)14-25-26(23)18(3)15-29-25/h6-11,13-15,17,29H,12,16H2,1-5H3,(H,30,32). The van der Waals surface area contributed by atoms with Gasteiger partial charge in [-0.25, -0.2) is 8.42 Å². The smallest absolute Gasteiger partial charge is 0.255 e. The number of nitrogens with one attached hydrogen (secondary N) is 2. The van der Waals surface area contributed by atoms with Crippen LogP contribution in [0.1, 0.15) is 52.2 Å². The molecule has 2 N–H and O–H groups in total. The molecular formula is C28H31N3O4S. The predicted molar refractivity (Wildman–Crippen MR) is 142 cm³/mol. The molecule has 36 heavy (non-hydrogen) atoms. The van der Waals surface area contributed by atoms with Crippen LogP contribution in [0.4, 0.5) is 0 Å². The second kappa shape index (κ2) is 9.78. The fourth-order valence-electron chi connectivity index (χ4n) is 4.54. The lowest BCUT2D eigenvalue weighted by Crippen LogP contribution is -2.38. The molecule has 0 bridgehead atoms. The summed E-state index contributed by atoms with van der Waals surface area (Å²) in [7, 11) is -3.54. The summed E-state index contributed by atoms with van der Waals surface area (Å²) in [5.41, 5.74) is 4.69. The second-order valence-electron chi connectivity index (χ2n) is 9.61. The minimum Gasteiger partial charge on any atom is -0.361 e. The van der Waals surface area contributed by atoms with Gasteiger partial charge in [-0.2, -0.15) is 0 Å². The van der Waals surface area contributed by atoms with Crippen LogP contribution in [0, 0.1) is 13.8 Å². The van der Waals surface area contributed by atoms with E-state index in [0.717, 1.165) is 28.6 Å². The lowest BCUT2D eigenvalue weighted by atomic mass is 9.99. The number of carbonyl (C=O) groups excluding carboxylic acids is 1. The number of aromatic nitrogens is 2. The first kappa shape index (κ1) is 25.4. The van der Waals surface area contributed by atoms with Crippen LogP contribution >= 0.6 is 0 Å². The summed E-state index contributed by atoms with van der Waals surface area (Å²) in [5, 5.41) is 0.681. The third-order valence-electron chi connectivity index (χ3n) is 6.42. The molecule has 8 heteroatoms. The van der Waals surface area contributed by atoms with E-state index in [1.807, 2.05) is 64.1 Å². The zero-order chi connectivity index (χ0) is 26.2. The van der Waals surface area contributed by atoms with Crippen LogP contribution < -0.4 is 5.56 Å². The number of rotatable bonds is 7. The molecule has 0 fully saturated rings. The van der Waals surface area contributed by atoms with Gasteiger partial charge >= 0.3 is 0 Å². The Morgan fingerprint density at radius 2 is 1.75 bits per heavy atom. The van der Waals surface area contributed by atoms with Gasteiger partial charge in [-0.3, -0.25) is 9.59 Å². The number of nitrogens with zero attached hydrogens (tertiary/aromatic N) is 1. The molecule has 188 valence electrons. The number of hydrogen-bond acceptors (Lipinski definition) is 4. The van der Waals surface area contributed by atoms with E-state index >= 15 is 0 Å². The minimum absolute atomic E-state index is 0.0712. The number of aromatic amines is 2. The number of pyridine rings is 1. The maximum absolute atomic E-state index is 14.0. The molecule has 0 aliphatic heterocycles. The molecule has 0 spiro atoms. The fourth-order valence-corrected chi connectivity index (χ4v) is 5.20. The Balaban J connectivity index is 1.81. The highest BCUT2D eigenvalue weighted by molar-refractivity contribution is 7.90. The first-order valence-corrected chi connectivity index (χ1v) is 13.7. The number of hydrogen-bond donors (Lipinski definition) is 2. The normalized spacial score (nSPS) is 11.8. The highest BCUT2D eigenvalue weighted by atomic mass is 32.2. The van der Waals surface area contributed by atoms with Crippen molar-refractivity contribution in [2.75, 3.05) is 6.26 Å². The molecule has 4 rings (SSSR count). The Labute approximate surface area is 211 Å². The maximum Gasteiger partial charge on any atom is 0.255 e. The number of fused-ring (bicyclic) bond motifs is 1. The van der Waals surface area contributed by atoms with Gasteiger partial charge < -0.3 is 14.9 Å². The SMILES string of the molecule is Cc1cc(Cc2ccccc2)c(CN(C(=O)c2cc(S(C)(=O)=O)cc3[nH]cc(C)c23)C(C)C)c(=O)[nH]1. The van der Waals surface area contributed by atoms with Crippen LogP contribution in [0.2, 0.25) is 0 Å². The topological polar surface area (TPSA) is 103 Å². The molecule has 0 unspecified atom stereocenters. The van der Waals surface area contributed by atoms with Crippen LogP contribution in [0.5, 0.6) is 0 Å². The fraction of sp³-hybridized carbons (Fsp3) is 0.286. The molecule has 0 saturated heterocycles. The minimum atomic E-state index is -3.54. The molecule has 4 aromatic rings. The highest BCUT2D eigenvalue weighted by Gasteiger charge is 2.26. The summed E-state index contributed by atoms with van der Waals surface area (Å²) < 4.78 is 24.7. The lowest BCUT2D eigenvalue weighted by Gasteiger charge is -2.28. The highest BCUT2D eigenvalue weighted by Crippen LogP contribution is 2.28. The zero-order valence-electron chi connectivity index (χ0n) is 21.2. The van der Waals surface area contributed by atoms with Crippen molar-refractivity contribution in [1.82, 2.24) is 14.9 Å². The molecule has 2 heterocycles. The van der Waals surface area contributed by atoms with Gasteiger partial charge in [0.1, 0.15) is 0 Å². The van der Waals surface area contributed by atoms with E-state index in [1.54, 1.807) is 17.2 Å². The summed E-state index contributed by atoms with van der Waals surface area (Å²) in [4.78, 5) is 34.7. The molecule has 0 aliphatic rings. The van der Waals surface area contributed by atoms with Crippen LogP contribution in [0.3, 0.4) is 0 Å². The molecular weight excluding hydrogens is 474 g/mol. The van der Waals surface area contributed by atoms with Crippen LogP contribution in [0.25, 0.3) is 10.9 Å². The Hall–Kier alpha value is -3.65. The maximum atomic E-state index is 14.0. The quantitative estimate of drug-likeness (QED) is 0.385. The van der Waals surface area contributed by atoms with Crippen molar-refractivity contribution in [1.29, 1.82) is 0 Å². The van der Waals surface area contributed by atoms with Crippen molar-refractivity contribution in [2.45, 2.75) is 51.6 Å². The molecule has 0 atom stereocenters. The Bertz CT molecular complexity index is 1600. The largest absolute Gasteiger partial charge is 0.361 e. The first-order chi connectivity index (χ1) is 17.0. The number of amides is 1. The van der Waals surface area contributed by atoms with Gasteiger partial charge in [-0.1, -0.05) is 30.3 Å². The van der Waals surface area contributed by atoms with E-state index in [9.17, 15) is 18.0 Å². The Morgan fingerprint density at radius 3 is 2.39 bits per heavy atom. The molecule has 2 aromatic carbocycles. The average Bonchev–Trinajstić information content (AvgIpc) is 3.18. The summed E-state index contributed by atoms with van der Waals surface area (Å²) in [6.07, 6.45) is 3.45. The number of H-pyrrole nitrogens is 2. The summed E-state index contributed by atoms with van der Waals surface area (Å²) >= 11 is 0. The average molecular weight is 506 g/mol. The molecule has 0 radical (unpaired) electrons. The molecule has 0 aliphatic carbocycles. The van der Waals surface area contributed by atoms with E-state index in [-0.39, 0.29) is 28.9 Å². The lowest BCUT2D eigenvalue weighted by molar-refractivity contribution is 0.0691. The van der Waals surface area contributed by atoms with Gasteiger partial charge in [-0.15, -0.1) is 0 Å². The van der Waals surface area contributed by atoms with E-state index in [1.165, 1.54) is 6.07 Å². The Morgan fingerprint density at radius 1 is 1.06 bits per heavy atom. The second-order valence-corrected chi connectivity index (χ2v) is 11.6. The van der Waals surface area contributed by atoms with Gasteiger partial charge in [0, 0.05) is 40.7 Å². The number of sulfone groups is 1. The van der Waals surface area contributed by atoms with Crippen LogP contribution in [-0.4, -0.2) is 41.5 Å². The third kappa shape index (κ3) is 5.14. The molecule has 1 amide bonds. The van der Waals surface area contributed by atoms with Crippen molar-refractivity contribution in [3.05, 3.63) is 98.6 Å². The van der Waals surface area contributed by atoms with Crippen LogP contribution in [-0.2, 0) is 22.8 Å². The van der Waals surface area contributed by atoms with Crippen molar-refractivity contribution in [3.8, 4) is 0 Å². The van der Waals surface area contributed by atoms with Gasteiger partial charge in [0.25, 0.3) is 11.5 Å². The molecule has 0 saturated carbocycles. The third-order valence-corrected chi connectivity index (χ3v) is 7.51. The number of benzene rings is 2. The van der Waals surface area contributed by atoms with E-state index < -0.39 is 9.84 Å². The van der Waals surface area contributed by atoms with Gasteiger partial charge in [0.2, 0.25) is 0 Å². The van der Waals surface area contributed by atoms with E-state index in [0.29, 0.717) is 28.5 Å². The van der Waals surface area contributed by atoms with Gasteiger partial charge in [0.15, 0.2) is 9.84 Å². The predicted octanol–water partition coefficient (Wildman–Crippen LogP) is 4.52. The van der Waals surface area contributed by atoms with E-state index in [2.05, 4.69) is 9.97 Å². The van der Waals surface area contributed by atoms with Crippen molar-refractivity contribution >= 4 is 26.6 Å². The number of carbonyl (C=O) groups is 1. The van der Waals surface area contributed by atoms with Crippen molar-refractivity contribution in [2.24, 2.45) is 0 Å². The summed E-state index contributed by atoms with van der Waals surface area (Å²) in [6.45, 7) is 7.59. The Kier molecular flexibility index (Phi) is 6.91. The first-order valence-electron chi connectivity index (χ1n) is 11.8. The van der Waals surface area contributed by atoms with Crippen LogP contribution in [0.15, 0.2) is 64.4 Å². The zero-order valence-corrected chi connectivity index (χ0v) is 22.0. The molecule has 7 nitrogen and oxygen atoms in total. The van der Waals surface area contributed by atoms with Crippen molar-refractivity contribution in [3.63, 3.8) is 0 Å². The van der Waals surface area contributed by atoms with Gasteiger partial charge in [0.05, 0.1) is 17.0 Å². The van der Waals surface area contributed by atoms with E-state index in [4.69, 9.17) is 0 Å². The monoisotopic (exact) mass is 505 g/mol. The summed E-state index contributed by atoms with van der Waals surface area (Å²) in [6, 6.07) is 14.6.